The van der Waals surface area contributed by atoms with E-state index in [-0.39, 0.29) is 6.04 Å². The fourth-order valence-corrected chi connectivity index (χ4v) is 4.26. The molecule has 0 aromatic carbocycles. The molecule has 6 nitrogen and oxygen atoms in total. The van der Waals surface area contributed by atoms with Gasteiger partial charge < -0.3 is 5.32 Å². The first-order valence-electron chi connectivity index (χ1n) is 7.46. The summed E-state index contributed by atoms with van der Waals surface area (Å²) < 4.78 is 29.0. The van der Waals surface area contributed by atoms with E-state index in [4.69, 9.17) is 0 Å². The van der Waals surface area contributed by atoms with Crippen LogP contribution in [0, 0.1) is 5.92 Å². The Morgan fingerprint density at radius 1 is 1.57 bits per heavy atom. The van der Waals surface area contributed by atoms with Crippen LogP contribution < -0.4 is 5.32 Å². The summed E-state index contributed by atoms with van der Waals surface area (Å²) in [5.74, 6) is 0.379. The molecule has 0 amide bonds. The van der Waals surface area contributed by atoms with Crippen LogP contribution in [-0.2, 0) is 10.0 Å². The number of nitrogens with zero attached hydrogens (tertiary/aromatic N) is 3. The molecule has 0 spiro atoms. The van der Waals surface area contributed by atoms with Gasteiger partial charge in [0.15, 0.2) is 0 Å². The highest BCUT2D eigenvalue weighted by Crippen LogP contribution is 2.28. The number of hydrogen-bond donors (Lipinski definition) is 1. The summed E-state index contributed by atoms with van der Waals surface area (Å²) in [6, 6.07) is 0.174. The second-order valence-electron chi connectivity index (χ2n) is 5.70. The molecule has 1 N–H and O–H groups in total. The maximum atomic E-state index is 11.7. The molecule has 1 aromatic heterocycles. The Balaban J connectivity index is 1.99. The van der Waals surface area contributed by atoms with Crippen molar-refractivity contribution in [3.63, 3.8) is 0 Å². The lowest BCUT2D eigenvalue weighted by Gasteiger charge is -2.32. The van der Waals surface area contributed by atoms with E-state index in [1.54, 1.807) is 4.31 Å². The van der Waals surface area contributed by atoms with Gasteiger partial charge in [-0.05, 0) is 49.7 Å². The second kappa shape index (κ2) is 7.62. The van der Waals surface area contributed by atoms with Crippen molar-refractivity contribution in [1.82, 2.24) is 19.2 Å². The third-order valence-electron chi connectivity index (χ3n) is 3.89. The molecule has 2 atom stereocenters. The summed E-state index contributed by atoms with van der Waals surface area (Å²) in [6.45, 7) is 4.35. The van der Waals surface area contributed by atoms with E-state index >= 15 is 0 Å². The molecule has 1 saturated heterocycles. The van der Waals surface area contributed by atoms with Crippen LogP contribution in [0.4, 0.5) is 0 Å². The lowest BCUT2D eigenvalue weighted by atomic mass is 9.91. The largest absolute Gasteiger partial charge is 0.309 e. The van der Waals surface area contributed by atoms with Crippen molar-refractivity contribution < 1.29 is 8.42 Å². The minimum Gasteiger partial charge on any atom is -0.309 e. The summed E-state index contributed by atoms with van der Waals surface area (Å²) in [4.78, 5) is 0. The topological polar surface area (TPSA) is 75.2 Å². The average molecular weight is 332 g/mol. The normalized spacial score (nSPS) is 22.3. The van der Waals surface area contributed by atoms with Crippen LogP contribution >= 0.6 is 11.5 Å². The van der Waals surface area contributed by atoms with Gasteiger partial charge in [-0.25, -0.2) is 12.7 Å². The Bertz CT molecular complexity index is 518. The van der Waals surface area contributed by atoms with Crippen molar-refractivity contribution in [2.75, 3.05) is 25.9 Å². The molecule has 0 radical (unpaired) electrons. The molecule has 8 heteroatoms. The van der Waals surface area contributed by atoms with Gasteiger partial charge in [-0.15, -0.1) is 5.10 Å². The van der Waals surface area contributed by atoms with Crippen molar-refractivity contribution >= 4 is 21.6 Å². The third-order valence-corrected chi connectivity index (χ3v) is 5.69. The number of sulfonamides is 1. The van der Waals surface area contributed by atoms with Gasteiger partial charge in [-0.2, -0.15) is 0 Å². The van der Waals surface area contributed by atoms with E-state index in [2.05, 4.69) is 21.8 Å². The highest BCUT2D eigenvalue weighted by molar-refractivity contribution is 7.88. The zero-order chi connectivity index (χ0) is 15.3. The summed E-state index contributed by atoms with van der Waals surface area (Å²) in [5.41, 5.74) is 0.977. The molecule has 1 aliphatic rings. The third kappa shape index (κ3) is 4.98. The molecule has 2 unspecified atom stereocenters. The second-order valence-corrected chi connectivity index (χ2v) is 8.29. The monoisotopic (exact) mass is 332 g/mol. The minimum absolute atomic E-state index is 0.174. The van der Waals surface area contributed by atoms with E-state index in [1.165, 1.54) is 17.8 Å². The van der Waals surface area contributed by atoms with Gasteiger partial charge in [0.25, 0.3) is 0 Å². The fourth-order valence-electron chi connectivity index (χ4n) is 2.80. The maximum Gasteiger partial charge on any atom is 0.211 e. The van der Waals surface area contributed by atoms with Crippen molar-refractivity contribution in [3.05, 3.63) is 11.1 Å². The zero-order valence-corrected chi connectivity index (χ0v) is 14.3. The quantitative estimate of drug-likeness (QED) is 0.821. The van der Waals surface area contributed by atoms with Crippen molar-refractivity contribution in [2.45, 2.75) is 38.6 Å². The Kier molecular flexibility index (Phi) is 6.09. The van der Waals surface area contributed by atoms with Crippen LogP contribution in [0.3, 0.4) is 0 Å². The Morgan fingerprint density at radius 2 is 2.38 bits per heavy atom. The lowest BCUT2D eigenvalue weighted by molar-refractivity contribution is 0.237. The van der Waals surface area contributed by atoms with Crippen LogP contribution in [0.25, 0.3) is 0 Å². The van der Waals surface area contributed by atoms with Gasteiger partial charge in [0, 0.05) is 18.5 Å². The summed E-state index contributed by atoms with van der Waals surface area (Å²) in [5, 5.41) is 9.66. The van der Waals surface area contributed by atoms with Gasteiger partial charge in [0.2, 0.25) is 10.0 Å². The number of aromatic nitrogens is 2. The molecule has 1 fully saturated rings. The predicted octanol–water partition coefficient (Wildman–Crippen LogP) is 1.64. The van der Waals surface area contributed by atoms with Crippen LogP contribution in [0.5, 0.6) is 0 Å². The van der Waals surface area contributed by atoms with Gasteiger partial charge in [0.1, 0.15) is 0 Å². The Hall–Kier alpha value is -0.570. The first kappa shape index (κ1) is 16.8. The standard InChI is InChI=1S/C13H24N4O2S2/c1-3-6-14-12(13-10-20-16-15-13)8-11-5-4-7-17(9-11)21(2,18)19/h10-12,14H,3-9H2,1-2H3. The van der Waals surface area contributed by atoms with Gasteiger partial charge >= 0.3 is 0 Å². The maximum absolute atomic E-state index is 11.7. The van der Waals surface area contributed by atoms with Crippen molar-refractivity contribution in [3.8, 4) is 0 Å². The van der Waals surface area contributed by atoms with E-state index in [0.29, 0.717) is 19.0 Å². The first-order valence-corrected chi connectivity index (χ1v) is 10.1. The lowest BCUT2D eigenvalue weighted by Crippen LogP contribution is -2.40. The Morgan fingerprint density at radius 3 is 3.00 bits per heavy atom. The molecule has 2 heterocycles. The molecule has 1 aromatic rings. The smallest absolute Gasteiger partial charge is 0.211 e. The number of piperidine rings is 1. The van der Waals surface area contributed by atoms with Crippen LogP contribution in [0.1, 0.15) is 44.3 Å². The minimum atomic E-state index is -3.08. The van der Waals surface area contributed by atoms with Crippen molar-refractivity contribution in [1.29, 1.82) is 0 Å². The van der Waals surface area contributed by atoms with E-state index in [1.807, 2.05) is 5.38 Å². The molecule has 0 saturated carbocycles. The molecular formula is C13H24N4O2S2. The van der Waals surface area contributed by atoms with Gasteiger partial charge in [0.05, 0.1) is 18.0 Å². The van der Waals surface area contributed by atoms with Crippen molar-refractivity contribution in [2.24, 2.45) is 5.92 Å². The predicted molar refractivity (Wildman–Crippen MR) is 84.7 cm³/mol. The summed E-state index contributed by atoms with van der Waals surface area (Å²) >= 11 is 1.36. The Labute approximate surface area is 131 Å². The van der Waals surface area contributed by atoms with Gasteiger partial charge in [-0.1, -0.05) is 11.4 Å². The molecule has 21 heavy (non-hydrogen) atoms. The zero-order valence-electron chi connectivity index (χ0n) is 12.7. The highest BCUT2D eigenvalue weighted by atomic mass is 32.2. The van der Waals surface area contributed by atoms with E-state index in [9.17, 15) is 8.42 Å². The molecule has 0 aliphatic carbocycles. The van der Waals surface area contributed by atoms with Crippen LogP contribution in [0.2, 0.25) is 0 Å². The molecule has 120 valence electrons. The highest BCUT2D eigenvalue weighted by Gasteiger charge is 2.28. The van der Waals surface area contributed by atoms with Crippen LogP contribution in [-0.4, -0.2) is 48.2 Å². The number of hydrogen-bond acceptors (Lipinski definition) is 6. The molecular weight excluding hydrogens is 308 g/mol. The number of rotatable bonds is 7. The van der Waals surface area contributed by atoms with Crippen LogP contribution in [0.15, 0.2) is 5.38 Å². The molecule has 0 bridgehead atoms. The van der Waals surface area contributed by atoms with E-state index < -0.39 is 10.0 Å². The number of nitrogens with one attached hydrogen (secondary N) is 1. The summed E-state index contributed by atoms with van der Waals surface area (Å²) in [7, 11) is -3.08. The molecule has 1 aliphatic heterocycles. The SMILES string of the molecule is CCCNC(CC1CCCN(S(C)(=O)=O)C1)c1csnn1. The first-order chi connectivity index (χ1) is 10.0. The van der Waals surface area contributed by atoms with Gasteiger partial charge in [-0.3, -0.25) is 0 Å². The summed E-state index contributed by atoms with van der Waals surface area (Å²) in [6.07, 6.45) is 5.29. The molecule has 2 rings (SSSR count). The van der Waals surface area contributed by atoms with E-state index in [0.717, 1.165) is 37.9 Å². The fraction of sp³-hybridized carbons (Fsp3) is 0.846. The average Bonchev–Trinajstić information content (AvgIpc) is 2.97.